The van der Waals surface area contributed by atoms with E-state index in [9.17, 15) is 0 Å². The van der Waals surface area contributed by atoms with Gasteiger partial charge in [-0.15, -0.1) is 0 Å². The highest BCUT2D eigenvalue weighted by atomic mass is 16.5. The molecule has 0 radical (unpaired) electrons. The van der Waals surface area contributed by atoms with E-state index < -0.39 is 5.60 Å². The number of ether oxygens (including phenoxy) is 1. The van der Waals surface area contributed by atoms with Crippen LogP contribution in [0.25, 0.3) is 0 Å². The van der Waals surface area contributed by atoms with Crippen LogP contribution in [0.1, 0.15) is 71.1 Å². The lowest BCUT2D eigenvalue weighted by molar-refractivity contribution is -0.0211. The summed E-state index contributed by atoms with van der Waals surface area (Å²) in [7, 11) is 0. The van der Waals surface area contributed by atoms with Crippen LogP contribution < -0.4 is 5.32 Å². The smallest absolute Gasteiger partial charge is 0.159 e. The Bertz CT molecular complexity index is 497. The van der Waals surface area contributed by atoms with Crippen molar-refractivity contribution in [2.45, 2.75) is 66.0 Å². The van der Waals surface area contributed by atoms with Crippen molar-refractivity contribution in [3.8, 4) is 0 Å². The SMILES string of the molecule is CCNC1CC(C)(C)Cc2nc(C(C)(C)OCC)ncc21. The average molecular weight is 291 g/mol. The third-order valence-electron chi connectivity index (χ3n) is 4.17. The maximum absolute atomic E-state index is 5.79. The van der Waals surface area contributed by atoms with Gasteiger partial charge in [0.1, 0.15) is 5.60 Å². The van der Waals surface area contributed by atoms with Gasteiger partial charge in [0, 0.05) is 30.1 Å². The normalized spacial score (nSPS) is 21.1. The molecule has 4 heteroatoms. The summed E-state index contributed by atoms with van der Waals surface area (Å²) in [6.07, 6.45) is 4.13. The van der Waals surface area contributed by atoms with Crippen molar-refractivity contribution in [3.05, 3.63) is 23.3 Å². The predicted octanol–water partition coefficient (Wildman–Crippen LogP) is 3.37. The Morgan fingerprint density at radius 3 is 2.71 bits per heavy atom. The molecule has 1 aliphatic carbocycles. The van der Waals surface area contributed by atoms with Gasteiger partial charge in [0.25, 0.3) is 0 Å². The first-order valence-electron chi connectivity index (χ1n) is 8.02. The van der Waals surface area contributed by atoms with E-state index in [2.05, 4.69) is 31.1 Å². The number of fused-ring (bicyclic) bond motifs is 1. The maximum atomic E-state index is 5.79. The summed E-state index contributed by atoms with van der Waals surface area (Å²) in [5, 5.41) is 3.57. The minimum absolute atomic E-state index is 0.265. The zero-order valence-electron chi connectivity index (χ0n) is 14.3. The lowest BCUT2D eigenvalue weighted by Crippen LogP contribution is -2.35. The molecule has 1 aromatic heterocycles. The molecule has 0 saturated heterocycles. The second kappa shape index (κ2) is 6.01. The minimum atomic E-state index is -0.431. The van der Waals surface area contributed by atoms with Gasteiger partial charge in [0.15, 0.2) is 5.82 Å². The Hall–Kier alpha value is -1.00. The molecule has 2 rings (SSSR count). The molecule has 1 heterocycles. The van der Waals surface area contributed by atoms with Crippen LogP contribution in [0, 0.1) is 5.41 Å². The quantitative estimate of drug-likeness (QED) is 0.903. The van der Waals surface area contributed by atoms with Crippen molar-refractivity contribution in [2.75, 3.05) is 13.2 Å². The minimum Gasteiger partial charge on any atom is -0.368 e. The summed E-state index contributed by atoms with van der Waals surface area (Å²) in [5.41, 5.74) is 2.27. The molecule has 0 spiro atoms. The molecule has 0 fully saturated rings. The molecule has 1 unspecified atom stereocenters. The fraction of sp³-hybridized carbons (Fsp3) is 0.765. The second-order valence-corrected chi connectivity index (χ2v) is 7.19. The van der Waals surface area contributed by atoms with Gasteiger partial charge in [-0.2, -0.15) is 0 Å². The Balaban J connectivity index is 2.38. The maximum Gasteiger partial charge on any atom is 0.159 e. The van der Waals surface area contributed by atoms with E-state index in [1.165, 1.54) is 11.3 Å². The third kappa shape index (κ3) is 3.61. The second-order valence-electron chi connectivity index (χ2n) is 7.19. The van der Waals surface area contributed by atoms with Crippen molar-refractivity contribution in [1.29, 1.82) is 0 Å². The van der Waals surface area contributed by atoms with E-state index in [1.54, 1.807) is 0 Å². The third-order valence-corrected chi connectivity index (χ3v) is 4.17. The molecule has 0 aromatic carbocycles. The molecule has 21 heavy (non-hydrogen) atoms. The lowest BCUT2D eigenvalue weighted by Gasteiger charge is -2.37. The van der Waals surface area contributed by atoms with Crippen molar-refractivity contribution >= 4 is 0 Å². The largest absolute Gasteiger partial charge is 0.368 e. The van der Waals surface area contributed by atoms with Crippen molar-refractivity contribution < 1.29 is 4.74 Å². The van der Waals surface area contributed by atoms with Crippen LogP contribution in [0.15, 0.2) is 6.20 Å². The first-order chi connectivity index (χ1) is 9.79. The first kappa shape index (κ1) is 16.4. The molecule has 4 nitrogen and oxygen atoms in total. The van der Waals surface area contributed by atoms with Gasteiger partial charge in [0.05, 0.1) is 0 Å². The van der Waals surface area contributed by atoms with Crippen LogP contribution in [-0.2, 0) is 16.8 Å². The number of rotatable bonds is 5. The van der Waals surface area contributed by atoms with E-state index >= 15 is 0 Å². The van der Waals surface area contributed by atoms with E-state index in [4.69, 9.17) is 9.72 Å². The summed E-state index contributed by atoms with van der Waals surface area (Å²) < 4.78 is 5.79. The van der Waals surface area contributed by atoms with Crippen molar-refractivity contribution in [3.63, 3.8) is 0 Å². The molecule has 1 aliphatic rings. The zero-order chi connectivity index (χ0) is 15.7. The molecule has 118 valence electrons. The van der Waals surface area contributed by atoms with Gasteiger partial charge < -0.3 is 10.1 Å². The molecule has 0 aliphatic heterocycles. The molecular formula is C17H29N3O. The molecule has 1 N–H and O–H groups in total. The van der Waals surface area contributed by atoms with E-state index in [0.29, 0.717) is 12.6 Å². The summed E-state index contributed by atoms with van der Waals surface area (Å²) in [6.45, 7) is 14.5. The number of aromatic nitrogens is 2. The molecule has 0 amide bonds. The topological polar surface area (TPSA) is 47.0 Å². The number of nitrogens with zero attached hydrogens (tertiary/aromatic N) is 2. The molecular weight excluding hydrogens is 262 g/mol. The standard InChI is InChI=1S/C17H29N3O/c1-7-18-13-9-16(3,4)10-14-12(13)11-19-15(20-14)17(5,6)21-8-2/h11,13,18H,7-10H2,1-6H3. The van der Waals surface area contributed by atoms with Gasteiger partial charge >= 0.3 is 0 Å². The Labute approximate surface area is 128 Å². The zero-order valence-corrected chi connectivity index (χ0v) is 14.3. The van der Waals surface area contributed by atoms with E-state index in [0.717, 1.165) is 25.2 Å². The van der Waals surface area contributed by atoms with Crippen LogP contribution in [0.2, 0.25) is 0 Å². The number of hydrogen-bond acceptors (Lipinski definition) is 4. The van der Waals surface area contributed by atoms with Crippen LogP contribution in [0.4, 0.5) is 0 Å². The van der Waals surface area contributed by atoms with E-state index in [1.807, 2.05) is 27.0 Å². The average Bonchev–Trinajstić information content (AvgIpc) is 2.37. The van der Waals surface area contributed by atoms with Crippen molar-refractivity contribution in [1.82, 2.24) is 15.3 Å². The lowest BCUT2D eigenvalue weighted by atomic mass is 9.74. The number of hydrogen-bond donors (Lipinski definition) is 1. The highest BCUT2D eigenvalue weighted by molar-refractivity contribution is 5.27. The predicted molar refractivity (Wildman–Crippen MR) is 85.2 cm³/mol. The van der Waals surface area contributed by atoms with Crippen LogP contribution in [0.5, 0.6) is 0 Å². The Kier molecular flexibility index (Phi) is 4.69. The molecule has 1 aromatic rings. The summed E-state index contributed by atoms with van der Waals surface area (Å²) in [5.74, 6) is 0.788. The van der Waals surface area contributed by atoms with Gasteiger partial charge in [-0.05, 0) is 45.6 Å². The van der Waals surface area contributed by atoms with Gasteiger partial charge in [-0.1, -0.05) is 20.8 Å². The monoisotopic (exact) mass is 291 g/mol. The summed E-state index contributed by atoms with van der Waals surface area (Å²) in [4.78, 5) is 9.44. The highest BCUT2D eigenvalue weighted by Gasteiger charge is 2.34. The van der Waals surface area contributed by atoms with Crippen LogP contribution >= 0.6 is 0 Å². The molecule has 1 atom stereocenters. The summed E-state index contributed by atoms with van der Waals surface area (Å²) >= 11 is 0. The fourth-order valence-corrected chi connectivity index (χ4v) is 3.19. The van der Waals surface area contributed by atoms with E-state index in [-0.39, 0.29) is 5.41 Å². The van der Waals surface area contributed by atoms with Crippen molar-refractivity contribution in [2.24, 2.45) is 5.41 Å². The first-order valence-corrected chi connectivity index (χ1v) is 8.02. The van der Waals surface area contributed by atoms with Crippen LogP contribution in [0.3, 0.4) is 0 Å². The Morgan fingerprint density at radius 2 is 2.10 bits per heavy atom. The van der Waals surface area contributed by atoms with Gasteiger partial charge in [0.2, 0.25) is 0 Å². The number of nitrogens with one attached hydrogen (secondary N) is 1. The fourth-order valence-electron chi connectivity index (χ4n) is 3.19. The van der Waals surface area contributed by atoms with Gasteiger partial charge in [-0.3, -0.25) is 0 Å². The summed E-state index contributed by atoms with van der Waals surface area (Å²) in [6, 6.07) is 0.359. The Morgan fingerprint density at radius 1 is 1.38 bits per heavy atom. The highest BCUT2D eigenvalue weighted by Crippen LogP contribution is 2.40. The molecule has 0 saturated carbocycles. The molecule has 0 bridgehead atoms. The van der Waals surface area contributed by atoms with Crippen LogP contribution in [-0.4, -0.2) is 23.1 Å². The van der Waals surface area contributed by atoms with Gasteiger partial charge in [-0.25, -0.2) is 9.97 Å².